The molecule has 3 rings (SSSR count). The van der Waals surface area contributed by atoms with E-state index in [1.54, 1.807) is 30.5 Å². The summed E-state index contributed by atoms with van der Waals surface area (Å²) in [5.41, 5.74) is 6.52. The molecule has 0 bridgehead atoms. The molecule has 1 heterocycles. The van der Waals surface area contributed by atoms with Crippen LogP contribution in [0.2, 0.25) is 0 Å². The Balaban J connectivity index is 1.70. The Morgan fingerprint density at radius 1 is 1.00 bits per heavy atom. The maximum atomic E-state index is 12.2. The summed E-state index contributed by atoms with van der Waals surface area (Å²) in [5, 5.41) is 0.792. The first-order valence-electron chi connectivity index (χ1n) is 7.00. The molecule has 1 aromatic heterocycles. The van der Waals surface area contributed by atoms with Crippen LogP contribution in [-0.2, 0) is 0 Å². The molecule has 0 aliphatic carbocycles. The van der Waals surface area contributed by atoms with Gasteiger partial charge >= 0.3 is 0 Å². The number of hydrazine groups is 1. The number of aromatic nitrogens is 1. The number of benzene rings is 2. The van der Waals surface area contributed by atoms with Crippen molar-refractivity contribution >= 4 is 22.7 Å². The smallest absolute Gasteiger partial charge is 0.271 e. The van der Waals surface area contributed by atoms with E-state index in [1.165, 1.54) is 7.11 Å². The van der Waals surface area contributed by atoms with Crippen LogP contribution in [0.25, 0.3) is 10.9 Å². The van der Waals surface area contributed by atoms with Crippen LogP contribution >= 0.6 is 0 Å². The van der Waals surface area contributed by atoms with Crippen LogP contribution in [0.15, 0.2) is 54.7 Å². The largest absolute Gasteiger partial charge is 0.497 e. The second-order valence-corrected chi connectivity index (χ2v) is 4.89. The third kappa shape index (κ3) is 3.01. The van der Waals surface area contributed by atoms with Gasteiger partial charge in [0.25, 0.3) is 11.8 Å². The third-order valence-electron chi connectivity index (χ3n) is 3.46. The number of hydrogen-bond acceptors (Lipinski definition) is 3. The molecular formula is C17H15N3O3. The number of carbonyl (C=O) groups is 2. The number of amides is 2. The molecule has 0 saturated heterocycles. The number of hydrogen-bond donors (Lipinski definition) is 3. The number of para-hydroxylation sites is 1. The number of rotatable bonds is 3. The van der Waals surface area contributed by atoms with Crippen LogP contribution in [0.5, 0.6) is 5.75 Å². The van der Waals surface area contributed by atoms with E-state index in [4.69, 9.17) is 4.74 Å². The van der Waals surface area contributed by atoms with Gasteiger partial charge in [-0.05, 0) is 24.3 Å². The van der Waals surface area contributed by atoms with Crippen molar-refractivity contribution < 1.29 is 14.3 Å². The lowest BCUT2D eigenvalue weighted by Crippen LogP contribution is -2.41. The number of aromatic amines is 1. The lowest BCUT2D eigenvalue weighted by Gasteiger charge is -2.08. The molecule has 6 heteroatoms. The molecule has 0 spiro atoms. The van der Waals surface area contributed by atoms with Crippen LogP contribution in [0, 0.1) is 0 Å². The number of methoxy groups -OCH3 is 1. The summed E-state index contributed by atoms with van der Waals surface area (Å²) < 4.78 is 5.07. The summed E-state index contributed by atoms with van der Waals surface area (Å²) in [4.78, 5) is 27.3. The molecule has 0 aliphatic rings. The fourth-order valence-corrected chi connectivity index (χ4v) is 2.28. The average Bonchev–Trinajstić information content (AvgIpc) is 3.03. The highest BCUT2D eigenvalue weighted by molar-refractivity contribution is 6.07. The van der Waals surface area contributed by atoms with Crippen LogP contribution in [0.3, 0.4) is 0 Å². The maximum Gasteiger partial charge on any atom is 0.271 e. The second-order valence-electron chi connectivity index (χ2n) is 4.89. The van der Waals surface area contributed by atoms with E-state index in [-0.39, 0.29) is 0 Å². The standard InChI is InChI=1S/C17H15N3O3/c1-23-12-6-4-5-11(9-12)16(21)19-20-17(22)14-10-18-15-8-3-2-7-13(14)15/h2-10,18H,1H3,(H,19,21)(H,20,22). The molecule has 0 atom stereocenters. The van der Waals surface area contributed by atoms with Gasteiger partial charge in [-0.2, -0.15) is 0 Å². The minimum Gasteiger partial charge on any atom is -0.497 e. The molecule has 116 valence electrons. The van der Waals surface area contributed by atoms with E-state index in [2.05, 4.69) is 15.8 Å². The van der Waals surface area contributed by atoms with Gasteiger partial charge in [0.05, 0.1) is 12.7 Å². The van der Waals surface area contributed by atoms with Crippen molar-refractivity contribution in [2.24, 2.45) is 0 Å². The summed E-state index contributed by atoms with van der Waals surface area (Å²) in [6.45, 7) is 0. The van der Waals surface area contributed by atoms with E-state index in [0.29, 0.717) is 16.9 Å². The van der Waals surface area contributed by atoms with Crippen molar-refractivity contribution in [3.8, 4) is 5.75 Å². The van der Waals surface area contributed by atoms with Crippen LogP contribution < -0.4 is 15.6 Å². The quantitative estimate of drug-likeness (QED) is 0.649. The minimum atomic E-state index is -0.419. The van der Waals surface area contributed by atoms with Gasteiger partial charge in [0, 0.05) is 22.7 Å². The first kappa shape index (κ1) is 14.6. The van der Waals surface area contributed by atoms with Crippen molar-refractivity contribution in [2.75, 3.05) is 7.11 Å². The highest BCUT2D eigenvalue weighted by Crippen LogP contribution is 2.17. The number of ether oxygens (including phenoxy) is 1. The fraction of sp³-hybridized carbons (Fsp3) is 0.0588. The highest BCUT2D eigenvalue weighted by Gasteiger charge is 2.13. The zero-order chi connectivity index (χ0) is 16.2. The van der Waals surface area contributed by atoms with Gasteiger partial charge in [-0.15, -0.1) is 0 Å². The normalized spacial score (nSPS) is 10.3. The van der Waals surface area contributed by atoms with Gasteiger partial charge in [-0.25, -0.2) is 0 Å². The number of carbonyl (C=O) groups excluding carboxylic acids is 2. The highest BCUT2D eigenvalue weighted by atomic mass is 16.5. The van der Waals surface area contributed by atoms with Gasteiger partial charge in [-0.3, -0.25) is 20.4 Å². The van der Waals surface area contributed by atoms with E-state index in [9.17, 15) is 9.59 Å². The van der Waals surface area contributed by atoms with E-state index in [0.717, 1.165) is 10.9 Å². The van der Waals surface area contributed by atoms with Crippen LogP contribution in [0.1, 0.15) is 20.7 Å². The van der Waals surface area contributed by atoms with Crippen molar-refractivity contribution in [1.82, 2.24) is 15.8 Å². The van der Waals surface area contributed by atoms with Gasteiger partial charge < -0.3 is 9.72 Å². The molecule has 23 heavy (non-hydrogen) atoms. The zero-order valence-electron chi connectivity index (χ0n) is 12.4. The Hall–Kier alpha value is -3.28. The Bertz CT molecular complexity index is 870. The van der Waals surface area contributed by atoms with Crippen molar-refractivity contribution in [2.45, 2.75) is 0 Å². The molecule has 0 unspecified atom stereocenters. The molecule has 2 amide bonds. The first-order chi connectivity index (χ1) is 11.2. The lowest BCUT2D eigenvalue weighted by atomic mass is 10.2. The van der Waals surface area contributed by atoms with E-state index in [1.807, 2.05) is 24.3 Å². The Morgan fingerprint density at radius 2 is 1.78 bits per heavy atom. The van der Waals surface area contributed by atoms with Crippen molar-refractivity contribution in [1.29, 1.82) is 0 Å². The second kappa shape index (κ2) is 6.23. The summed E-state index contributed by atoms with van der Waals surface area (Å²) in [7, 11) is 1.52. The summed E-state index contributed by atoms with van der Waals surface area (Å²) in [6.07, 6.45) is 1.61. The van der Waals surface area contributed by atoms with E-state index >= 15 is 0 Å². The Labute approximate surface area is 132 Å². The molecule has 0 radical (unpaired) electrons. The monoisotopic (exact) mass is 309 g/mol. The number of fused-ring (bicyclic) bond motifs is 1. The molecule has 0 saturated carbocycles. The topological polar surface area (TPSA) is 83.2 Å². The van der Waals surface area contributed by atoms with Crippen molar-refractivity contribution in [3.05, 3.63) is 65.9 Å². The third-order valence-corrected chi connectivity index (χ3v) is 3.46. The summed E-state index contributed by atoms with van der Waals surface area (Å²) >= 11 is 0. The first-order valence-corrected chi connectivity index (χ1v) is 7.00. The summed E-state index contributed by atoms with van der Waals surface area (Å²) in [5.74, 6) is -0.239. The molecule has 3 aromatic rings. The molecular weight excluding hydrogens is 294 g/mol. The van der Waals surface area contributed by atoms with Crippen molar-refractivity contribution in [3.63, 3.8) is 0 Å². The average molecular weight is 309 g/mol. The molecule has 3 N–H and O–H groups in total. The lowest BCUT2D eigenvalue weighted by molar-refractivity contribution is 0.0847. The van der Waals surface area contributed by atoms with Gasteiger partial charge in [0.2, 0.25) is 0 Å². The molecule has 0 aliphatic heterocycles. The molecule has 0 fully saturated rings. The predicted molar refractivity (Wildman–Crippen MR) is 86.2 cm³/mol. The maximum absolute atomic E-state index is 12.2. The number of nitrogens with one attached hydrogen (secondary N) is 3. The predicted octanol–water partition coefficient (Wildman–Crippen LogP) is 2.25. The minimum absolute atomic E-state index is 0.390. The zero-order valence-corrected chi connectivity index (χ0v) is 12.4. The number of H-pyrrole nitrogens is 1. The van der Waals surface area contributed by atoms with Crippen LogP contribution in [-0.4, -0.2) is 23.9 Å². The van der Waals surface area contributed by atoms with Crippen LogP contribution in [0.4, 0.5) is 0 Å². The Kier molecular flexibility index (Phi) is 3.97. The van der Waals surface area contributed by atoms with Gasteiger partial charge in [0.1, 0.15) is 5.75 Å². The molecule has 2 aromatic carbocycles. The van der Waals surface area contributed by atoms with E-state index < -0.39 is 11.8 Å². The fourth-order valence-electron chi connectivity index (χ4n) is 2.28. The SMILES string of the molecule is COc1cccc(C(=O)NNC(=O)c2c[nH]c3ccccc23)c1. The van der Waals surface area contributed by atoms with Gasteiger partial charge in [0.15, 0.2) is 0 Å². The van der Waals surface area contributed by atoms with Gasteiger partial charge in [-0.1, -0.05) is 24.3 Å². The summed E-state index contributed by atoms with van der Waals surface area (Å²) in [6, 6.07) is 14.1. The molecule has 6 nitrogen and oxygen atoms in total. The Morgan fingerprint density at radius 3 is 2.61 bits per heavy atom.